The van der Waals surface area contributed by atoms with Gasteiger partial charge in [0.05, 0.1) is 23.1 Å². The molecule has 0 N–H and O–H groups in total. The number of hydrogen-bond donors (Lipinski definition) is 0. The Bertz CT molecular complexity index is 678. The third kappa shape index (κ3) is 4.10. The highest BCUT2D eigenvalue weighted by Gasteiger charge is 2.04. The summed E-state index contributed by atoms with van der Waals surface area (Å²) in [6.45, 7) is 0. The van der Waals surface area contributed by atoms with Gasteiger partial charge in [-0.1, -0.05) is 22.9 Å². The molecule has 0 bridgehead atoms. The summed E-state index contributed by atoms with van der Waals surface area (Å²) in [4.78, 5) is 5.87. The molecule has 1 aromatic heterocycles. The Hall–Kier alpha value is -0.820. The molecule has 0 aliphatic heterocycles. The van der Waals surface area contributed by atoms with Gasteiger partial charge in [0.2, 0.25) is 0 Å². The second-order valence-electron chi connectivity index (χ2n) is 4.16. The third-order valence-electron chi connectivity index (χ3n) is 2.76. The summed E-state index contributed by atoms with van der Waals surface area (Å²) in [5, 5.41) is 1.18. The van der Waals surface area contributed by atoms with Crippen LogP contribution < -0.4 is 4.74 Å². The molecule has 0 aliphatic rings. The van der Waals surface area contributed by atoms with Crippen LogP contribution in [0, 0.1) is 0 Å². The van der Waals surface area contributed by atoms with Gasteiger partial charge in [-0.3, -0.25) is 0 Å². The second-order valence-corrected chi connectivity index (χ2v) is 9.42. The molecule has 0 spiro atoms. The fraction of sp³-hybridized carbons (Fsp3) is 0.133. The Balaban J connectivity index is 1.49. The third-order valence-corrected chi connectivity index (χ3v) is 7.90. The van der Waals surface area contributed by atoms with Gasteiger partial charge in [0.15, 0.2) is 0 Å². The van der Waals surface area contributed by atoms with Crippen molar-refractivity contribution in [2.45, 2.75) is 10.6 Å². The summed E-state index contributed by atoms with van der Waals surface area (Å²) in [7, 11) is 7.06. The molecule has 1 heterocycles. The molecule has 21 heavy (non-hydrogen) atoms. The standard InChI is InChI=1S/C15H13NOS4/c1-17-11-6-8-12(9-7-11)20-21-18-10-15-16-13-4-2-3-5-14(13)19-15/h2-9H,10H2,1H3. The summed E-state index contributed by atoms with van der Waals surface area (Å²) < 4.78 is 6.42. The highest BCUT2D eigenvalue weighted by atomic mass is 33.5. The van der Waals surface area contributed by atoms with E-state index in [1.165, 1.54) is 14.6 Å². The van der Waals surface area contributed by atoms with Crippen LogP contribution in [0.5, 0.6) is 5.75 Å². The molecule has 0 unspecified atom stereocenters. The molecule has 0 amide bonds. The summed E-state index contributed by atoms with van der Waals surface area (Å²) >= 11 is 1.78. The van der Waals surface area contributed by atoms with Crippen molar-refractivity contribution in [1.29, 1.82) is 0 Å². The molecule has 0 aliphatic carbocycles. The van der Waals surface area contributed by atoms with Crippen molar-refractivity contribution in [3.8, 4) is 5.75 Å². The number of thiazole rings is 1. The minimum absolute atomic E-state index is 0.895. The number of hydrogen-bond acceptors (Lipinski definition) is 6. The molecule has 3 rings (SSSR count). The van der Waals surface area contributed by atoms with Gasteiger partial charge in [0, 0.05) is 4.90 Å². The molecule has 0 fully saturated rings. The minimum Gasteiger partial charge on any atom is -0.497 e. The van der Waals surface area contributed by atoms with Gasteiger partial charge in [0.25, 0.3) is 0 Å². The van der Waals surface area contributed by atoms with Crippen molar-refractivity contribution in [2.75, 3.05) is 7.11 Å². The van der Waals surface area contributed by atoms with E-state index in [4.69, 9.17) is 4.74 Å². The molecular formula is C15H13NOS4. The van der Waals surface area contributed by atoms with Crippen molar-refractivity contribution >= 4 is 53.0 Å². The van der Waals surface area contributed by atoms with Gasteiger partial charge >= 0.3 is 0 Å². The van der Waals surface area contributed by atoms with E-state index in [9.17, 15) is 0 Å². The highest BCUT2D eigenvalue weighted by molar-refractivity contribution is 9.09. The fourth-order valence-electron chi connectivity index (χ4n) is 1.75. The van der Waals surface area contributed by atoms with Crippen LogP contribution in [-0.4, -0.2) is 12.1 Å². The predicted molar refractivity (Wildman–Crippen MR) is 97.4 cm³/mol. The Morgan fingerprint density at radius 3 is 2.67 bits per heavy atom. The van der Waals surface area contributed by atoms with Crippen molar-refractivity contribution in [1.82, 2.24) is 4.98 Å². The number of benzene rings is 2. The first kappa shape index (κ1) is 15.1. The first-order valence-corrected chi connectivity index (χ1v) is 10.8. The Labute approximate surface area is 139 Å². The second kappa shape index (κ2) is 7.45. The molecule has 108 valence electrons. The van der Waals surface area contributed by atoms with Crippen LogP contribution in [0.4, 0.5) is 0 Å². The first-order valence-electron chi connectivity index (χ1n) is 6.30. The fourth-order valence-corrected chi connectivity index (χ4v) is 6.50. The topological polar surface area (TPSA) is 22.1 Å². The summed E-state index contributed by atoms with van der Waals surface area (Å²) in [6, 6.07) is 16.4. The van der Waals surface area contributed by atoms with Crippen molar-refractivity contribution < 1.29 is 4.74 Å². The maximum absolute atomic E-state index is 5.15. The average molecular weight is 352 g/mol. The Morgan fingerprint density at radius 2 is 1.90 bits per heavy atom. The zero-order chi connectivity index (χ0) is 14.5. The van der Waals surface area contributed by atoms with Gasteiger partial charge in [-0.05, 0) is 57.0 Å². The summed E-state index contributed by atoms with van der Waals surface area (Å²) in [5.74, 6) is 1.83. The Morgan fingerprint density at radius 1 is 1.10 bits per heavy atom. The molecule has 6 heteroatoms. The number of ether oxygens (including phenoxy) is 1. The number of aromatic nitrogens is 1. The largest absolute Gasteiger partial charge is 0.497 e. The molecular weight excluding hydrogens is 338 g/mol. The number of fused-ring (bicyclic) bond motifs is 1. The van der Waals surface area contributed by atoms with Crippen molar-refractivity contribution in [3.63, 3.8) is 0 Å². The van der Waals surface area contributed by atoms with Gasteiger partial charge < -0.3 is 4.74 Å². The number of nitrogens with zero attached hydrogens (tertiary/aromatic N) is 1. The SMILES string of the molecule is COc1ccc(SSSCc2nc3ccccc3s2)cc1. The normalized spacial score (nSPS) is 10.9. The van der Waals surface area contributed by atoms with Crippen molar-refractivity contribution in [3.05, 3.63) is 53.5 Å². The van der Waals surface area contributed by atoms with Crippen LogP contribution >= 0.6 is 42.8 Å². The zero-order valence-corrected chi connectivity index (χ0v) is 14.6. The lowest BCUT2D eigenvalue weighted by atomic mass is 10.3. The van der Waals surface area contributed by atoms with E-state index in [0.717, 1.165) is 17.0 Å². The van der Waals surface area contributed by atoms with Crippen LogP contribution in [0.3, 0.4) is 0 Å². The van der Waals surface area contributed by atoms with E-state index < -0.39 is 0 Å². The maximum Gasteiger partial charge on any atom is 0.118 e. The van der Waals surface area contributed by atoms with Crippen molar-refractivity contribution in [2.24, 2.45) is 0 Å². The molecule has 0 radical (unpaired) electrons. The lowest BCUT2D eigenvalue weighted by Crippen LogP contribution is -1.80. The average Bonchev–Trinajstić information content (AvgIpc) is 2.95. The molecule has 0 atom stereocenters. The zero-order valence-electron chi connectivity index (χ0n) is 11.3. The Kier molecular flexibility index (Phi) is 5.35. The minimum atomic E-state index is 0.895. The smallest absolute Gasteiger partial charge is 0.118 e. The van der Waals surface area contributed by atoms with Crippen LogP contribution in [0.15, 0.2) is 53.4 Å². The molecule has 2 aromatic carbocycles. The van der Waals surface area contributed by atoms with Gasteiger partial charge in [-0.15, -0.1) is 11.3 Å². The monoisotopic (exact) mass is 351 g/mol. The van der Waals surface area contributed by atoms with Gasteiger partial charge in [-0.2, -0.15) is 0 Å². The predicted octanol–water partition coefficient (Wildman–Crippen LogP) is 5.89. The van der Waals surface area contributed by atoms with Gasteiger partial charge in [-0.25, -0.2) is 4.98 Å². The maximum atomic E-state index is 5.15. The van der Waals surface area contributed by atoms with Crippen LogP contribution in [0.2, 0.25) is 0 Å². The highest BCUT2D eigenvalue weighted by Crippen LogP contribution is 2.42. The molecule has 2 nitrogen and oxygen atoms in total. The van der Waals surface area contributed by atoms with E-state index in [1.54, 1.807) is 39.1 Å². The van der Waals surface area contributed by atoms with E-state index in [2.05, 4.69) is 35.3 Å². The molecule has 3 aromatic rings. The van der Waals surface area contributed by atoms with Gasteiger partial charge in [0.1, 0.15) is 10.8 Å². The number of methoxy groups -OCH3 is 1. The first-order chi connectivity index (χ1) is 10.3. The van der Waals surface area contributed by atoms with Crippen LogP contribution in [0.1, 0.15) is 5.01 Å². The summed E-state index contributed by atoms with van der Waals surface area (Å²) in [6.07, 6.45) is 0. The quantitative estimate of drug-likeness (QED) is 0.406. The van der Waals surface area contributed by atoms with E-state index >= 15 is 0 Å². The van der Waals surface area contributed by atoms with E-state index in [1.807, 2.05) is 29.0 Å². The molecule has 0 saturated heterocycles. The van der Waals surface area contributed by atoms with Crippen LogP contribution in [0.25, 0.3) is 10.2 Å². The number of para-hydroxylation sites is 1. The molecule has 0 saturated carbocycles. The lowest BCUT2D eigenvalue weighted by molar-refractivity contribution is 0.414. The number of rotatable bonds is 6. The van der Waals surface area contributed by atoms with Crippen LogP contribution in [-0.2, 0) is 5.75 Å². The lowest BCUT2D eigenvalue weighted by Gasteiger charge is -2.01. The van der Waals surface area contributed by atoms with E-state index in [-0.39, 0.29) is 0 Å². The summed E-state index contributed by atoms with van der Waals surface area (Å²) in [5.41, 5.74) is 1.10. The van der Waals surface area contributed by atoms with E-state index in [0.29, 0.717) is 0 Å².